The minimum absolute atomic E-state index is 0.669. The highest BCUT2D eigenvalue weighted by atomic mass is 35.5. The first-order chi connectivity index (χ1) is 5.65. The molecule has 1 rings (SSSR count). The lowest BCUT2D eigenvalue weighted by molar-refractivity contribution is 0.490. The van der Waals surface area contributed by atoms with Gasteiger partial charge < -0.3 is 4.18 Å². The van der Waals surface area contributed by atoms with Crippen molar-refractivity contribution in [3.63, 3.8) is 0 Å². The molecule has 0 aliphatic carbocycles. The van der Waals surface area contributed by atoms with Gasteiger partial charge in [0.05, 0.1) is 7.11 Å². The highest BCUT2D eigenvalue weighted by molar-refractivity contribution is 7.94. The topological polar surface area (TPSA) is 9.23 Å². The molecule has 0 fully saturated rings. The Bertz CT molecular complexity index is 265. The second kappa shape index (κ2) is 4.38. The largest absolute Gasteiger partial charge is 0.314 e. The summed E-state index contributed by atoms with van der Waals surface area (Å²) in [4.78, 5) is 0.915. The van der Waals surface area contributed by atoms with Gasteiger partial charge in [0.15, 0.2) is 0 Å². The van der Waals surface area contributed by atoms with Gasteiger partial charge in [0.1, 0.15) is 0 Å². The Balaban J connectivity index is 3.04. The van der Waals surface area contributed by atoms with E-state index in [1.165, 1.54) is 12.0 Å². The first kappa shape index (κ1) is 10.2. The average molecular weight is 223 g/mol. The molecule has 1 aromatic carbocycles. The predicted octanol–water partition coefficient (Wildman–Crippen LogP) is 3.96. The van der Waals surface area contributed by atoms with E-state index in [9.17, 15) is 0 Å². The van der Waals surface area contributed by atoms with E-state index in [1.54, 1.807) is 7.11 Å². The van der Waals surface area contributed by atoms with Crippen molar-refractivity contribution in [3.8, 4) is 0 Å². The van der Waals surface area contributed by atoms with Crippen LogP contribution in [0.2, 0.25) is 10.0 Å². The van der Waals surface area contributed by atoms with E-state index < -0.39 is 0 Å². The summed E-state index contributed by atoms with van der Waals surface area (Å²) in [6, 6.07) is 3.66. The van der Waals surface area contributed by atoms with Gasteiger partial charge in [-0.1, -0.05) is 23.2 Å². The Kier molecular flexibility index (Phi) is 3.72. The third kappa shape index (κ3) is 2.30. The Morgan fingerprint density at radius 3 is 2.17 bits per heavy atom. The lowest BCUT2D eigenvalue weighted by Gasteiger charge is -2.03. The second-order valence-electron chi connectivity index (χ2n) is 2.26. The normalized spacial score (nSPS) is 10.3. The molecule has 0 saturated heterocycles. The van der Waals surface area contributed by atoms with Crippen molar-refractivity contribution in [3.05, 3.63) is 27.7 Å². The van der Waals surface area contributed by atoms with Crippen molar-refractivity contribution < 1.29 is 4.18 Å². The van der Waals surface area contributed by atoms with E-state index in [-0.39, 0.29) is 0 Å². The van der Waals surface area contributed by atoms with Crippen LogP contribution >= 0.6 is 35.2 Å². The lowest BCUT2D eigenvalue weighted by Crippen LogP contribution is -1.80. The van der Waals surface area contributed by atoms with E-state index >= 15 is 0 Å². The smallest absolute Gasteiger partial charge is 0.0508 e. The molecule has 4 heteroatoms. The number of rotatable bonds is 2. The first-order valence-corrected chi connectivity index (χ1v) is 4.81. The summed E-state index contributed by atoms with van der Waals surface area (Å²) >= 11 is 13.0. The number of halogens is 2. The van der Waals surface area contributed by atoms with Crippen LogP contribution in [0.1, 0.15) is 5.56 Å². The quantitative estimate of drug-likeness (QED) is 0.702. The summed E-state index contributed by atoms with van der Waals surface area (Å²) in [5, 5.41) is 1.34. The second-order valence-corrected chi connectivity index (χ2v) is 4.05. The molecule has 12 heavy (non-hydrogen) atoms. The monoisotopic (exact) mass is 222 g/mol. The summed E-state index contributed by atoms with van der Waals surface area (Å²) in [6.45, 7) is 1.88. The fourth-order valence-electron chi connectivity index (χ4n) is 0.766. The molecule has 0 N–H and O–H groups in total. The zero-order valence-corrected chi connectivity index (χ0v) is 9.06. The molecule has 0 heterocycles. The zero-order chi connectivity index (χ0) is 9.14. The Labute approximate surface area is 86.2 Å². The van der Waals surface area contributed by atoms with Crippen LogP contribution in [0.4, 0.5) is 0 Å². The summed E-state index contributed by atoms with van der Waals surface area (Å²) in [7, 11) is 1.60. The number of hydrogen-bond donors (Lipinski definition) is 0. The van der Waals surface area contributed by atoms with Gasteiger partial charge in [-0.05, 0) is 24.6 Å². The lowest BCUT2D eigenvalue weighted by atomic mass is 10.2. The van der Waals surface area contributed by atoms with Crippen LogP contribution in [0.25, 0.3) is 0 Å². The van der Waals surface area contributed by atoms with Crippen LogP contribution in [0.5, 0.6) is 0 Å². The maximum atomic E-state index is 5.90. The van der Waals surface area contributed by atoms with Crippen molar-refractivity contribution in [1.29, 1.82) is 0 Å². The van der Waals surface area contributed by atoms with Gasteiger partial charge in [-0.3, -0.25) is 0 Å². The maximum Gasteiger partial charge on any atom is 0.0508 e. The first-order valence-electron chi connectivity index (χ1n) is 3.31. The predicted molar refractivity (Wildman–Crippen MR) is 54.1 cm³/mol. The SMILES string of the molecule is COSc1cc(Cl)c(C)c(Cl)c1. The van der Waals surface area contributed by atoms with E-state index in [2.05, 4.69) is 0 Å². The number of benzene rings is 1. The van der Waals surface area contributed by atoms with Gasteiger partial charge >= 0.3 is 0 Å². The van der Waals surface area contributed by atoms with Crippen molar-refractivity contribution in [1.82, 2.24) is 0 Å². The average Bonchev–Trinajstić information content (AvgIpc) is 2.01. The van der Waals surface area contributed by atoms with Gasteiger partial charge in [0.2, 0.25) is 0 Å². The molecule has 0 aliphatic rings. The van der Waals surface area contributed by atoms with Crippen LogP contribution in [-0.4, -0.2) is 7.11 Å². The summed E-state index contributed by atoms with van der Waals surface area (Å²) < 4.78 is 4.88. The van der Waals surface area contributed by atoms with Gasteiger partial charge in [0, 0.05) is 27.0 Å². The van der Waals surface area contributed by atoms with E-state index in [4.69, 9.17) is 27.4 Å². The molecule has 0 aliphatic heterocycles. The van der Waals surface area contributed by atoms with E-state index in [1.807, 2.05) is 19.1 Å². The Morgan fingerprint density at radius 1 is 1.25 bits per heavy atom. The fourth-order valence-corrected chi connectivity index (χ4v) is 1.91. The molecule has 0 spiro atoms. The molecule has 1 aromatic rings. The molecule has 0 unspecified atom stereocenters. The van der Waals surface area contributed by atoms with Crippen LogP contribution in [0, 0.1) is 6.92 Å². The Morgan fingerprint density at radius 2 is 1.75 bits per heavy atom. The molecule has 0 radical (unpaired) electrons. The van der Waals surface area contributed by atoms with Gasteiger partial charge in [-0.15, -0.1) is 0 Å². The maximum absolute atomic E-state index is 5.90. The molecular formula is C8H8Cl2OS. The third-order valence-corrected chi connectivity index (χ3v) is 2.81. The minimum atomic E-state index is 0.669. The number of hydrogen-bond acceptors (Lipinski definition) is 2. The molecular weight excluding hydrogens is 215 g/mol. The van der Waals surface area contributed by atoms with E-state index in [0.29, 0.717) is 10.0 Å². The fraction of sp³-hybridized carbons (Fsp3) is 0.250. The highest BCUT2D eigenvalue weighted by Crippen LogP contribution is 2.30. The van der Waals surface area contributed by atoms with Crippen molar-refractivity contribution in [2.24, 2.45) is 0 Å². The molecule has 0 saturated carbocycles. The molecule has 1 nitrogen and oxygen atoms in total. The highest BCUT2D eigenvalue weighted by Gasteiger charge is 2.03. The summed E-state index contributed by atoms with van der Waals surface area (Å²) in [5.74, 6) is 0. The third-order valence-electron chi connectivity index (χ3n) is 1.43. The summed E-state index contributed by atoms with van der Waals surface area (Å²) in [6.07, 6.45) is 0. The van der Waals surface area contributed by atoms with E-state index in [0.717, 1.165) is 10.5 Å². The minimum Gasteiger partial charge on any atom is -0.314 e. The van der Waals surface area contributed by atoms with Crippen LogP contribution in [0.15, 0.2) is 17.0 Å². The molecule has 0 aromatic heterocycles. The zero-order valence-electron chi connectivity index (χ0n) is 6.73. The van der Waals surface area contributed by atoms with Crippen LogP contribution in [0.3, 0.4) is 0 Å². The molecule has 66 valence electrons. The van der Waals surface area contributed by atoms with Crippen LogP contribution < -0.4 is 0 Å². The van der Waals surface area contributed by atoms with Crippen molar-refractivity contribution in [2.75, 3.05) is 7.11 Å². The van der Waals surface area contributed by atoms with Gasteiger partial charge in [-0.2, -0.15) is 0 Å². The molecule has 0 amide bonds. The van der Waals surface area contributed by atoms with Gasteiger partial charge in [0.25, 0.3) is 0 Å². The summed E-state index contributed by atoms with van der Waals surface area (Å²) in [5.41, 5.74) is 0.902. The molecule has 0 atom stereocenters. The molecule has 0 bridgehead atoms. The Hall–Kier alpha value is 0.110. The van der Waals surface area contributed by atoms with Crippen LogP contribution in [-0.2, 0) is 4.18 Å². The standard InChI is InChI=1S/C8H8Cl2OS/c1-5-7(9)3-6(12-11-2)4-8(5)10/h3-4H,1-2H3. The van der Waals surface area contributed by atoms with Crippen molar-refractivity contribution in [2.45, 2.75) is 11.8 Å². The van der Waals surface area contributed by atoms with Gasteiger partial charge in [-0.25, -0.2) is 0 Å². The van der Waals surface area contributed by atoms with Crippen molar-refractivity contribution >= 4 is 35.2 Å².